The molecule has 108 valence electrons. The van der Waals surface area contributed by atoms with E-state index in [-0.39, 0.29) is 6.04 Å². The third-order valence-electron chi connectivity index (χ3n) is 3.54. The molecule has 0 fully saturated rings. The largest absolute Gasteiger partial charge is 0.496 e. The first-order valence-corrected chi connectivity index (χ1v) is 7.61. The first kappa shape index (κ1) is 14.0. The fourth-order valence-electron chi connectivity index (χ4n) is 2.42. The van der Waals surface area contributed by atoms with Crippen molar-refractivity contribution in [3.63, 3.8) is 0 Å². The molecule has 5 heteroatoms. The maximum atomic E-state index is 5.75. The second-order valence-corrected chi connectivity index (χ2v) is 5.76. The van der Waals surface area contributed by atoms with Crippen LogP contribution in [0.2, 0.25) is 0 Å². The third kappa shape index (κ3) is 2.90. The van der Waals surface area contributed by atoms with E-state index in [0.29, 0.717) is 0 Å². The third-order valence-corrected chi connectivity index (χ3v) is 4.40. The van der Waals surface area contributed by atoms with Crippen LogP contribution in [0.5, 0.6) is 5.75 Å². The van der Waals surface area contributed by atoms with E-state index in [4.69, 9.17) is 10.6 Å². The maximum absolute atomic E-state index is 5.75. The molecule has 4 nitrogen and oxygen atoms in total. The van der Waals surface area contributed by atoms with Crippen LogP contribution >= 0.6 is 11.3 Å². The Morgan fingerprint density at radius 1 is 1.33 bits per heavy atom. The molecule has 21 heavy (non-hydrogen) atoms. The number of thiophene rings is 1. The van der Waals surface area contributed by atoms with E-state index >= 15 is 0 Å². The Balaban J connectivity index is 1.90. The zero-order chi connectivity index (χ0) is 14.7. The Morgan fingerprint density at radius 3 is 3.00 bits per heavy atom. The second kappa shape index (κ2) is 6.22. The van der Waals surface area contributed by atoms with Crippen LogP contribution in [0.15, 0.2) is 48.0 Å². The van der Waals surface area contributed by atoms with E-state index in [1.807, 2.05) is 35.8 Å². The molecule has 0 aliphatic carbocycles. The smallest absolute Gasteiger partial charge is 0.122 e. The number of nitrogens with two attached hydrogens (primary N) is 1. The molecule has 0 spiro atoms. The van der Waals surface area contributed by atoms with Gasteiger partial charge in [0.15, 0.2) is 0 Å². The highest BCUT2D eigenvalue weighted by molar-refractivity contribution is 7.17. The normalized spacial score (nSPS) is 12.5. The van der Waals surface area contributed by atoms with E-state index in [0.717, 1.165) is 28.8 Å². The van der Waals surface area contributed by atoms with Gasteiger partial charge in [-0.15, -0.1) is 11.3 Å². The number of fused-ring (bicyclic) bond motifs is 1. The summed E-state index contributed by atoms with van der Waals surface area (Å²) in [6.07, 6.45) is 2.63. The fourth-order valence-corrected chi connectivity index (χ4v) is 3.21. The molecule has 0 amide bonds. The average molecular weight is 299 g/mol. The first-order chi connectivity index (χ1) is 10.3. The highest BCUT2D eigenvalue weighted by Crippen LogP contribution is 2.27. The number of hydrogen-bond acceptors (Lipinski definition) is 5. The van der Waals surface area contributed by atoms with Crippen LogP contribution in [-0.2, 0) is 6.42 Å². The van der Waals surface area contributed by atoms with Crippen LogP contribution in [0.1, 0.15) is 17.2 Å². The Bertz CT molecular complexity index is 741. The number of aromatic nitrogens is 1. The lowest BCUT2D eigenvalue weighted by Crippen LogP contribution is -2.29. The number of rotatable bonds is 5. The van der Waals surface area contributed by atoms with Crippen LogP contribution in [-0.4, -0.2) is 12.1 Å². The zero-order valence-electron chi connectivity index (χ0n) is 11.7. The molecule has 3 aromatic rings. The predicted octanol–water partition coefficient (Wildman–Crippen LogP) is 3.05. The van der Waals surface area contributed by atoms with Crippen molar-refractivity contribution in [2.24, 2.45) is 5.84 Å². The van der Waals surface area contributed by atoms with Gasteiger partial charge in [-0.25, -0.2) is 0 Å². The molecule has 0 aliphatic heterocycles. The molecule has 2 aromatic heterocycles. The minimum Gasteiger partial charge on any atom is -0.496 e. The maximum Gasteiger partial charge on any atom is 0.122 e. The lowest BCUT2D eigenvalue weighted by Gasteiger charge is -2.17. The molecule has 0 aliphatic rings. The number of methoxy groups -OCH3 is 1. The zero-order valence-corrected chi connectivity index (χ0v) is 12.6. The number of hydrogen-bond donors (Lipinski definition) is 2. The van der Waals surface area contributed by atoms with Crippen molar-refractivity contribution in [3.8, 4) is 5.75 Å². The molecule has 3 N–H and O–H groups in total. The van der Waals surface area contributed by atoms with Crippen molar-refractivity contribution in [1.82, 2.24) is 10.4 Å². The van der Waals surface area contributed by atoms with Crippen LogP contribution < -0.4 is 16.0 Å². The molecule has 3 rings (SSSR count). The van der Waals surface area contributed by atoms with Gasteiger partial charge in [-0.1, -0.05) is 18.2 Å². The molecule has 1 atom stereocenters. The van der Waals surface area contributed by atoms with Crippen molar-refractivity contribution < 1.29 is 4.74 Å². The Labute approximate surface area is 127 Å². The van der Waals surface area contributed by atoms with Crippen LogP contribution in [0.4, 0.5) is 0 Å². The summed E-state index contributed by atoms with van der Waals surface area (Å²) in [5.41, 5.74) is 6.11. The molecule has 2 heterocycles. The number of nitrogens with one attached hydrogen (secondary N) is 1. The summed E-state index contributed by atoms with van der Waals surface area (Å²) in [6.45, 7) is 0. The average Bonchev–Trinajstić information content (AvgIpc) is 3.00. The highest BCUT2D eigenvalue weighted by atomic mass is 32.1. The molecule has 1 unspecified atom stereocenters. The lowest BCUT2D eigenvalue weighted by atomic mass is 10.00. The Hall–Kier alpha value is -1.95. The van der Waals surface area contributed by atoms with Gasteiger partial charge in [-0.3, -0.25) is 16.3 Å². The second-order valence-electron chi connectivity index (χ2n) is 4.81. The highest BCUT2D eigenvalue weighted by Gasteiger charge is 2.14. The number of ether oxygens (including phenoxy) is 1. The number of pyridine rings is 1. The standard InChI is InChI=1S/C16H17N3OS/c1-20-15-5-3-2-4-11(15)8-14(19-17)12-9-16-13(18-10-12)6-7-21-16/h2-7,9-10,14,19H,8,17H2,1H3. The summed E-state index contributed by atoms with van der Waals surface area (Å²) < 4.78 is 6.58. The molecule has 0 saturated carbocycles. The van der Waals surface area contributed by atoms with Crippen LogP contribution in [0.3, 0.4) is 0 Å². The van der Waals surface area contributed by atoms with Crippen molar-refractivity contribution >= 4 is 21.6 Å². The van der Waals surface area contributed by atoms with Gasteiger partial charge in [0.25, 0.3) is 0 Å². The van der Waals surface area contributed by atoms with Gasteiger partial charge >= 0.3 is 0 Å². The van der Waals surface area contributed by atoms with Crippen LogP contribution in [0.25, 0.3) is 10.2 Å². The summed E-state index contributed by atoms with van der Waals surface area (Å²) >= 11 is 1.69. The Kier molecular flexibility index (Phi) is 4.15. The van der Waals surface area contributed by atoms with Gasteiger partial charge in [-0.05, 0) is 41.1 Å². The van der Waals surface area contributed by atoms with Crippen molar-refractivity contribution in [2.75, 3.05) is 7.11 Å². The van der Waals surface area contributed by atoms with E-state index in [1.54, 1.807) is 18.4 Å². The van der Waals surface area contributed by atoms with E-state index in [1.165, 1.54) is 4.70 Å². The number of benzene rings is 1. The van der Waals surface area contributed by atoms with Crippen molar-refractivity contribution in [3.05, 3.63) is 59.1 Å². The van der Waals surface area contributed by atoms with Crippen LogP contribution in [0, 0.1) is 0 Å². The molecular weight excluding hydrogens is 282 g/mol. The number of para-hydroxylation sites is 1. The van der Waals surface area contributed by atoms with Crippen molar-refractivity contribution in [2.45, 2.75) is 12.5 Å². The predicted molar refractivity (Wildman–Crippen MR) is 86.4 cm³/mol. The van der Waals surface area contributed by atoms with Gasteiger partial charge < -0.3 is 4.74 Å². The summed E-state index contributed by atoms with van der Waals surface area (Å²) in [7, 11) is 1.68. The van der Waals surface area contributed by atoms with Gasteiger partial charge in [0.2, 0.25) is 0 Å². The lowest BCUT2D eigenvalue weighted by molar-refractivity contribution is 0.405. The quantitative estimate of drug-likeness (QED) is 0.561. The minimum atomic E-state index is 0.000278. The molecule has 1 aromatic carbocycles. The van der Waals surface area contributed by atoms with Crippen molar-refractivity contribution in [1.29, 1.82) is 0 Å². The van der Waals surface area contributed by atoms with Gasteiger partial charge in [0.1, 0.15) is 5.75 Å². The summed E-state index contributed by atoms with van der Waals surface area (Å²) in [5, 5.41) is 2.05. The minimum absolute atomic E-state index is 0.000278. The van der Waals surface area contributed by atoms with E-state index < -0.39 is 0 Å². The molecule has 0 saturated heterocycles. The van der Waals surface area contributed by atoms with E-state index in [2.05, 4.69) is 22.5 Å². The number of hydrazine groups is 1. The number of nitrogens with zero attached hydrogens (tertiary/aromatic N) is 1. The van der Waals surface area contributed by atoms with Gasteiger partial charge in [-0.2, -0.15) is 0 Å². The van der Waals surface area contributed by atoms with E-state index in [9.17, 15) is 0 Å². The topological polar surface area (TPSA) is 60.2 Å². The van der Waals surface area contributed by atoms with Gasteiger partial charge in [0, 0.05) is 6.20 Å². The fraction of sp³-hybridized carbons (Fsp3) is 0.188. The Morgan fingerprint density at radius 2 is 2.19 bits per heavy atom. The molecule has 0 radical (unpaired) electrons. The van der Waals surface area contributed by atoms with Gasteiger partial charge in [0.05, 0.1) is 23.4 Å². The SMILES string of the molecule is COc1ccccc1CC(NN)c1cnc2ccsc2c1. The molecular formula is C16H17N3OS. The monoisotopic (exact) mass is 299 g/mol. The summed E-state index contributed by atoms with van der Waals surface area (Å²) in [6, 6.07) is 12.2. The summed E-state index contributed by atoms with van der Waals surface area (Å²) in [4.78, 5) is 4.48. The first-order valence-electron chi connectivity index (χ1n) is 6.73. The molecule has 0 bridgehead atoms. The summed E-state index contributed by atoms with van der Waals surface area (Å²) in [5.74, 6) is 6.63.